The van der Waals surface area contributed by atoms with E-state index in [9.17, 15) is 4.79 Å². The van der Waals surface area contributed by atoms with Crippen molar-refractivity contribution in [2.45, 2.75) is 25.4 Å². The Balaban J connectivity index is 0.00000169. The van der Waals surface area contributed by atoms with Gasteiger partial charge in [-0.2, -0.15) is 0 Å². The Labute approximate surface area is 145 Å². The van der Waals surface area contributed by atoms with Crippen LogP contribution in [0.1, 0.15) is 40.6 Å². The van der Waals surface area contributed by atoms with Gasteiger partial charge < -0.3 is 24.5 Å². The summed E-state index contributed by atoms with van der Waals surface area (Å²) in [7, 11) is 0. The van der Waals surface area contributed by atoms with Gasteiger partial charge in [0.05, 0.1) is 18.2 Å². The highest BCUT2D eigenvalue weighted by atomic mass is 35.5. The molecule has 0 aliphatic carbocycles. The molecule has 1 unspecified atom stereocenters. The van der Waals surface area contributed by atoms with Crippen molar-refractivity contribution in [1.82, 2.24) is 4.90 Å². The monoisotopic (exact) mass is 350 g/mol. The SMILES string of the molecule is Cl.NCc1cc(C(=O)N2CCCC2c2ccc3c(c2)OCO3)co1. The van der Waals surface area contributed by atoms with E-state index in [1.54, 1.807) is 6.07 Å². The average molecular weight is 351 g/mol. The number of fused-ring (bicyclic) bond motifs is 1. The molecule has 2 N–H and O–H groups in total. The van der Waals surface area contributed by atoms with Gasteiger partial charge in [-0.25, -0.2) is 0 Å². The van der Waals surface area contributed by atoms with Gasteiger partial charge in [-0.15, -0.1) is 12.4 Å². The van der Waals surface area contributed by atoms with Crippen molar-refractivity contribution < 1.29 is 18.7 Å². The zero-order valence-corrected chi connectivity index (χ0v) is 13.9. The molecule has 7 heteroatoms. The Morgan fingerprint density at radius 3 is 2.88 bits per heavy atom. The number of carbonyl (C=O) groups is 1. The van der Waals surface area contributed by atoms with Crippen LogP contribution in [0.4, 0.5) is 0 Å². The van der Waals surface area contributed by atoms with Crippen molar-refractivity contribution in [3.63, 3.8) is 0 Å². The molecule has 1 amide bonds. The lowest BCUT2D eigenvalue weighted by Crippen LogP contribution is -2.30. The van der Waals surface area contributed by atoms with E-state index in [1.165, 1.54) is 6.26 Å². The highest BCUT2D eigenvalue weighted by Gasteiger charge is 2.32. The number of benzene rings is 1. The fourth-order valence-corrected chi connectivity index (χ4v) is 3.24. The summed E-state index contributed by atoms with van der Waals surface area (Å²) in [6, 6.07) is 7.65. The number of carbonyl (C=O) groups excluding carboxylic acids is 1. The summed E-state index contributed by atoms with van der Waals surface area (Å²) in [4.78, 5) is 14.7. The predicted octanol–water partition coefficient (Wildman–Crippen LogP) is 2.87. The molecule has 6 nitrogen and oxygen atoms in total. The van der Waals surface area contributed by atoms with Crippen LogP contribution in [0.25, 0.3) is 0 Å². The van der Waals surface area contributed by atoms with Crippen molar-refractivity contribution in [2.75, 3.05) is 13.3 Å². The molecule has 2 aliphatic heterocycles. The van der Waals surface area contributed by atoms with E-state index in [1.807, 2.05) is 23.1 Å². The van der Waals surface area contributed by atoms with Crippen molar-refractivity contribution >= 4 is 18.3 Å². The molecule has 4 rings (SSSR count). The van der Waals surface area contributed by atoms with Crippen LogP contribution in [0.5, 0.6) is 11.5 Å². The van der Waals surface area contributed by atoms with Gasteiger partial charge in [0.1, 0.15) is 12.0 Å². The summed E-state index contributed by atoms with van der Waals surface area (Å²) >= 11 is 0. The lowest BCUT2D eigenvalue weighted by Gasteiger charge is -2.24. The van der Waals surface area contributed by atoms with Crippen LogP contribution in [0.15, 0.2) is 34.9 Å². The fraction of sp³-hybridized carbons (Fsp3) is 0.353. The van der Waals surface area contributed by atoms with Gasteiger partial charge in [0.2, 0.25) is 6.79 Å². The third kappa shape index (κ3) is 2.83. The van der Waals surface area contributed by atoms with Crippen molar-refractivity contribution in [3.05, 3.63) is 47.4 Å². The van der Waals surface area contributed by atoms with E-state index in [0.29, 0.717) is 17.9 Å². The summed E-state index contributed by atoms with van der Waals surface area (Å²) in [5, 5.41) is 0. The zero-order chi connectivity index (χ0) is 15.8. The molecule has 2 aromatic rings. The van der Waals surface area contributed by atoms with Crippen LogP contribution in [-0.4, -0.2) is 24.1 Å². The number of halogens is 1. The van der Waals surface area contributed by atoms with Gasteiger partial charge in [-0.05, 0) is 36.6 Å². The van der Waals surface area contributed by atoms with Crippen LogP contribution < -0.4 is 15.2 Å². The van der Waals surface area contributed by atoms with Gasteiger partial charge in [0.25, 0.3) is 5.91 Å². The van der Waals surface area contributed by atoms with Crippen LogP contribution in [0, 0.1) is 0 Å². The second-order valence-electron chi connectivity index (χ2n) is 5.78. The first-order valence-corrected chi connectivity index (χ1v) is 7.74. The Kier molecular flexibility index (Phi) is 4.69. The Bertz CT molecular complexity index is 746. The lowest BCUT2D eigenvalue weighted by molar-refractivity contribution is 0.0734. The standard InChI is InChI=1S/C17H18N2O4.ClH/c18-8-13-6-12(9-21-13)17(20)19-5-1-2-14(19)11-3-4-15-16(7-11)23-10-22-15;/h3-4,6-7,9,14H,1-2,5,8,10,18H2;1H. The van der Waals surface area contributed by atoms with E-state index in [-0.39, 0.29) is 31.1 Å². The molecule has 1 atom stereocenters. The smallest absolute Gasteiger partial charge is 0.257 e. The number of likely N-dealkylation sites (tertiary alicyclic amines) is 1. The van der Waals surface area contributed by atoms with Crippen LogP contribution in [0.3, 0.4) is 0 Å². The Morgan fingerprint density at radius 2 is 2.08 bits per heavy atom. The third-order valence-corrected chi connectivity index (χ3v) is 4.40. The van der Waals surface area contributed by atoms with Crippen molar-refractivity contribution in [3.8, 4) is 11.5 Å². The maximum atomic E-state index is 12.8. The fourth-order valence-electron chi connectivity index (χ4n) is 3.24. The maximum absolute atomic E-state index is 12.8. The molecule has 1 aromatic carbocycles. The van der Waals surface area contributed by atoms with Gasteiger partial charge >= 0.3 is 0 Å². The normalized spacial score (nSPS) is 18.5. The first-order valence-electron chi connectivity index (χ1n) is 7.74. The molecule has 1 fully saturated rings. The number of ether oxygens (including phenoxy) is 2. The number of rotatable bonds is 3. The highest BCUT2D eigenvalue weighted by molar-refractivity contribution is 5.94. The number of amides is 1. The lowest BCUT2D eigenvalue weighted by atomic mass is 10.0. The molecule has 128 valence electrons. The van der Waals surface area contributed by atoms with E-state index in [0.717, 1.165) is 36.4 Å². The van der Waals surface area contributed by atoms with Crippen molar-refractivity contribution in [1.29, 1.82) is 0 Å². The molecular weight excluding hydrogens is 332 g/mol. The summed E-state index contributed by atoms with van der Waals surface area (Å²) in [5.41, 5.74) is 7.17. The highest BCUT2D eigenvalue weighted by Crippen LogP contribution is 2.39. The quantitative estimate of drug-likeness (QED) is 0.920. The topological polar surface area (TPSA) is 77.9 Å². The minimum absolute atomic E-state index is 0. The summed E-state index contributed by atoms with van der Waals surface area (Å²) in [6.45, 7) is 1.28. The Morgan fingerprint density at radius 1 is 1.25 bits per heavy atom. The van der Waals surface area contributed by atoms with E-state index in [2.05, 4.69) is 0 Å². The van der Waals surface area contributed by atoms with Crippen LogP contribution >= 0.6 is 12.4 Å². The van der Waals surface area contributed by atoms with Gasteiger partial charge in [0.15, 0.2) is 11.5 Å². The van der Waals surface area contributed by atoms with E-state index >= 15 is 0 Å². The first kappa shape index (κ1) is 16.7. The average Bonchev–Trinajstić information content (AvgIpc) is 3.32. The summed E-state index contributed by atoms with van der Waals surface area (Å²) in [5.74, 6) is 2.10. The van der Waals surface area contributed by atoms with Crippen molar-refractivity contribution in [2.24, 2.45) is 5.73 Å². The van der Waals surface area contributed by atoms with Crippen LogP contribution in [0.2, 0.25) is 0 Å². The second kappa shape index (κ2) is 6.75. The van der Waals surface area contributed by atoms with Crippen LogP contribution in [-0.2, 0) is 6.54 Å². The van der Waals surface area contributed by atoms with Gasteiger partial charge in [0, 0.05) is 6.54 Å². The van der Waals surface area contributed by atoms with Gasteiger partial charge in [-0.1, -0.05) is 6.07 Å². The predicted molar refractivity (Wildman–Crippen MR) is 89.4 cm³/mol. The van der Waals surface area contributed by atoms with E-state index < -0.39 is 0 Å². The van der Waals surface area contributed by atoms with E-state index in [4.69, 9.17) is 19.6 Å². The second-order valence-corrected chi connectivity index (χ2v) is 5.78. The Hall–Kier alpha value is -2.18. The summed E-state index contributed by atoms with van der Waals surface area (Å²) < 4.78 is 16.1. The largest absolute Gasteiger partial charge is 0.467 e. The molecule has 0 spiro atoms. The molecule has 0 radical (unpaired) electrons. The minimum Gasteiger partial charge on any atom is -0.467 e. The zero-order valence-electron chi connectivity index (χ0n) is 13.1. The molecule has 3 heterocycles. The summed E-state index contributed by atoms with van der Waals surface area (Å²) in [6.07, 6.45) is 3.40. The third-order valence-electron chi connectivity index (χ3n) is 4.40. The van der Waals surface area contributed by atoms with Gasteiger partial charge in [-0.3, -0.25) is 4.79 Å². The molecule has 0 bridgehead atoms. The number of hydrogen-bond acceptors (Lipinski definition) is 5. The number of hydrogen-bond donors (Lipinski definition) is 1. The number of nitrogens with zero attached hydrogens (tertiary/aromatic N) is 1. The first-order chi connectivity index (χ1) is 11.3. The molecule has 1 saturated heterocycles. The molecule has 1 aromatic heterocycles. The molecule has 2 aliphatic rings. The minimum atomic E-state index is -0.0198. The maximum Gasteiger partial charge on any atom is 0.257 e. The molecule has 0 saturated carbocycles. The molecule has 24 heavy (non-hydrogen) atoms. The molecular formula is C17H19ClN2O4. The number of furan rings is 1. The number of nitrogens with two attached hydrogens (primary N) is 1.